The summed E-state index contributed by atoms with van der Waals surface area (Å²) in [6.45, 7) is 2.94. The van der Waals surface area contributed by atoms with Crippen molar-refractivity contribution in [1.29, 1.82) is 0 Å². The first-order valence-corrected chi connectivity index (χ1v) is 10.4. The number of ether oxygens (including phenoxy) is 2. The summed E-state index contributed by atoms with van der Waals surface area (Å²) in [6.07, 6.45) is 15.4. The second kappa shape index (κ2) is 12.8. The monoisotopic (exact) mass is 358 g/mol. The Morgan fingerprint density at radius 2 is 1.50 bits per heavy atom. The fourth-order valence-corrected chi connectivity index (χ4v) is 3.26. The van der Waals surface area contributed by atoms with Crippen molar-refractivity contribution in [2.24, 2.45) is 0 Å². The smallest absolute Gasteiger partial charge is 0.188 e. The zero-order chi connectivity index (χ0) is 18.5. The van der Waals surface area contributed by atoms with Crippen LogP contribution in [-0.4, -0.2) is 18.7 Å². The van der Waals surface area contributed by atoms with Gasteiger partial charge in [0, 0.05) is 0 Å². The van der Waals surface area contributed by atoms with Crippen molar-refractivity contribution in [3.05, 3.63) is 48.0 Å². The summed E-state index contributed by atoms with van der Waals surface area (Å²) in [4.78, 5) is 12.0. The molecule has 0 radical (unpaired) electrons. The fraction of sp³-hybridized carbons (Fsp3) is 0.609. The average Bonchev–Trinajstić information content (AvgIpc) is 2.68. The Hall–Kier alpha value is -1.45. The van der Waals surface area contributed by atoms with Gasteiger partial charge in [-0.05, 0) is 24.1 Å². The molecule has 0 saturated carbocycles. The molecule has 3 nitrogen and oxygen atoms in total. The molecule has 26 heavy (non-hydrogen) atoms. The van der Waals surface area contributed by atoms with Crippen molar-refractivity contribution in [1.82, 2.24) is 0 Å². The Morgan fingerprint density at radius 1 is 0.885 bits per heavy atom. The number of carbonyl (C=O) groups is 1. The summed E-state index contributed by atoms with van der Waals surface area (Å²) >= 11 is 0. The molecule has 0 spiro atoms. The van der Waals surface area contributed by atoms with Crippen LogP contribution in [0.5, 0.6) is 0 Å². The van der Waals surface area contributed by atoms with Crippen molar-refractivity contribution in [2.75, 3.05) is 6.61 Å². The standard InChI is InChI=1S/C23H34O3/c1-2-3-4-5-6-7-8-9-10-14-19-25-22-18-17-21(24)23(26-22)20-15-12-11-13-16-20/h11-13,15-18,22-23H,2-10,14,19H2,1H3. The maximum absolute atomic E-state index is 12.0. The molecule has 2 unspecified atom stereocenters. The molecule has 0 amide bonds. The Kier molecular flexibility index (Phi) is 10.3. The van der Waals surface area contributed by atoms with Crippen LogP contribution < -0.4 is 0 Å². The van der Waals surface area contributed by atoms with Crippen LogP contribution in [0.2, 0.25) is 0 Å². The van der Waals surface area contributed by atoms with Gasteiger partial charge in [0.05, 0.1) is 6.61 Å². The quantitative estimate of drug-likeness (QED) is 0.397. The second-order valence-electron chi connectivity index (χ2n) is 7.11. The van der Waals surface area contributed by atoms with E-state index in [4.69, 9.17) is 9.47 Å². The maximum Gasteiger partial charge on any atom is 0.188 e. The van der Waals surface area contributed by atoms with Crippen LogP contribution in [0.15, 0.2) is 42.5 Å². The van der Waals surface area contributed by atoms with Gasteiger partial charge in [0.25, 0.3) is 0 Å². The van der Waals surface area contributed by atoms with Gasteiger partial charge in [0.15, 0.2) is 12.1 Å². The third kappa shape index (κ3) is 7.84. The van der Waals surface area contributed by atoms with E-state index in [9.17, 15) is 4.79 Å². The van der Waals surface area contributed by atoms with Gasteiger partial charge in [-0.25, -0.2) is 0 Å². The topological polar surface area (TPSA) is 35.5 Å². The highest BCUT2D eigenvalue weighted by Crippen LogP contribution is 2.25. The molecule has 0 aliphatic carbocycles. The van der Waals surface area contributed by atoms with Crippen molar-refractivity contribution in [2.45, 2.75) is 83.5 Å². The lowest BCUT2D eigenvalue weighted by atomic mass is 10.0. The van der Waals surface area contributed by atoms with Crippen LogP contribution in [-0.2, 0) is 14.3 Å². The first-order valence-electron chi connectivity index (χ1n) is 10.4. The zero-order valence-corrected chi connectivity index (χ0v) is 16.2. The normalized spacial score (nSPS) is 19.8. The minimum Gasteiger partial charge on any atom is -0.349 e. The molecule has 1 aliphatic rings. The molecule has 144 valence electrons. The Morgan fingerprint density at radius 3 is 2.15 bits per heavy atom. The molecular weight excluding hydrogens is 324 g/mol. The molecule has 0 aromatic heterocycles. The molecule has 1 aromatic rings. The summed E-state index contributed by atoms with van der Waals surface area (Å²) < 4.78 is 11.6. The fourth-order valence-electron chi connectivity index (χ4n) is 3.26. The molecule has 2 atom stereocenters. The van der Waals surface area contributed by atoms with E-state index in [1.165, 1.54) is 57.8 Å². The molecule has 0 N–H and O–H groups in total. The van der Waals surface area contributed by atoms with Gasteiger partial charge in [-0.3, -0.25) is 4.79 Å². The number of carbonyl (C=O) groups excluding carboxylic acids is 1. The lowest BCUT2D eigenvalue weighted by Crippen LogP contribution is -2.27. The predicted molar refractivity (Wildman–Crippen MR) is 106 cm³/mol. The first kappa shape index (κ1) is 20.9. The van der Waals surface area contributed by atoms with Crippen LogP contribution in [0.1, 0.15) is 82.8 Å². The third-order valence-corrected chi connectivity index (χ3v) is 4.83. The molecule has 3 heteroatoms. The molecule has 0 fully saturated rings. The van der Waals surface area contributed by atoms with Gasteiger partial charge in [-0.1, -0.05) is 95.0 Å². The second-order valence-corrected chi connectivity index (χ2v) is 7.11. The van der Waals surface area contributed by atoms with Gasteiger partial charge < -0.3 is 9.47 Å². The number of hydrogen-bond acceptors (Lipinski definition) is 3. The van der Waals surface area contributed by atoms with E-state index >= 15 is 0 Å². The molecule has 0 saturated heterocycles. The lowest BCUT2D eigenvalue weighted by Gasteiger charge is -2.25. The van der Waals surface area contributed by atoms with Crippen LogP contribution >= 0.6 is 0 Å². The van der Waals surface area contributed by atoms with Gasteiger partial charge in [-0.2, -0.15) is 0 Å². The van der Waals surface area contributed by atoms with Crippen molar-refractivity contribution < 1.29 is 14.3 Å². The number of unbranched alkanes of at least 4 members (excludes halogenated alkanes) is 9. The minimum atomic E-state index is -0.543. The molecule has 1 aliphatic heterocycles. The van der Waals surface area contributed by atoms with E-state index in [1.807, 2.05) is 30.3 Å². The van der Waals surface area contributed by atoms with Crippen LogP contribution in [0.4, 0.5) is 0 Å². The molecular formula is C23H34O3. The van der Waals surface area contributed by atoms with Crippen LogP contribution in [0, 0.1) is 0 Å². The average molecular weight is 359 g/mol. The van der Waals surface area contributed by atoms with E-state index in [-0.39, 0.29) is 5.78 Å². The van der Waals surface area contributed by atoms with Crippen LogP contribution in [0.3, 0.4) is 0 Å². The van der Waals surface area contributed by atoms with Gasteiger partial charge in [0.1, 0.15) is 6.10 Å². The van der Waals surface area contributed by atoms with Crippen molar-refractivity contribution >= 4 is 5.78 Å². The van der Waals surface area contributed by atoms with E-state index < -0.39 is 12.4 Å². The summed E-state index contributed by atoms with van der Waals surface area (Å²) in [7, 11) is 0. The summed E-state index contributed by atoms with van der Waals surface area (Å²) in [5.74, 6) is -0.0185. The predicted octanol–water partition coefficient (Wildman–Crippen LogP) is 6.15. The first-order chi connectivity index (χ1) is 12.8. The Bertz CT molecular complexity index is 524. The van der Waals surface area contributed by atoms with Gasteiger partial charge in [0.2, 0.25) is 0 Å². The highest BCUT2D eigenvalue weighted by Gasteiger charge is 2.26. The zero-order valence-electron chi connectivity index (χ0n) is 16.2. The SMILES string of the molecule is CCCCCCCCCCCCOC1C=CC(=O)C(c2ccccc2)O1. The number of rotatable bonds is 13. The van der Waals surface area contributed by atoms with Gasteiger partial charge in [-0.15, -0.1) is 0 Å². The summed E-state index contributed by atoms with van der Waals surface area (Å²) in [6, 6.07) is 9.61. The highest BCUT2D eigenvalue weighted by atomic mass is 16.7. The van der Waals surface area contributed by atoms with E-state index in [0.717, 1.165) is 12.0 Å². The van der Waals surface area contributed by atoms with Crippen molar-refractivity contribution in [3.63, 3.8) is 0 Å². The largest absolute Gasteiger partial charge is 0.349 e. The Labute approximate surface area is 158 Å². The molecule has 1 aromatic carbocycles. The minimum absolute atomic E-state index is 0.0185. The van der Waals surface area contributed by atoms with Crippen molar-refractivity contribution in [3.8, 4) is 0 Å². The van der Waals surface area contributed by atoms with E-state index in [2.05, 4.69) is 6.92 Å². The molecule has 2 rings (SSSR count). The molecule has 0 bridgehead atoms. The van der Waals surface area contributed by atoms with Gasteiger partial charge >= 0.3 is 0 Å². The van der Waals surface area contributed by atoms with E-state index in [0.29, 0.717) is 6.61 Å². The lowest BCUT2D eigenvalue weighted by molar-refractivity contribution is -0.164. The number of ketones is 1. The molecule has 1 heterocycles. The number of hydrogen-bond donors (Lipinski definition) is 0. The van der Waals surface area contributed by atoms with E-state index in [1.54, 1.807) is 12.2 Å². The Balaban J connectivity index is 1.53. The van der Waals surface area contributed by atoms with Crippen LogP contribution in [0.25, 0.3) is 0 Å². The maximum atomic E-state index is 12.0. The summed E-state index contributed by atoms with van der Waals surface area (Å²) in [5, 5.41) is 0. The summed E-state index contributed by atoms with van der Waals surface area (Å²) in [5.41, 5.74) is 0.884. The number of benzene rings is 1. The highest BCUT2D eigenvalue weighted by molar-refractivity contribution is 5.95. The third-order valence-electron chi connectivity index (χ3n) is 4.83.